The maximum absolute atomic E-state index is 4.21. The number of benzene rings is 1. The lowest BCUT2D eigenvalue weighted by atomic mass is 10.2. The average molecular weight is 410 g/mol. The highest BCUT2D eigenvalue weighted by molar-refractivity contribution is 9.12. The lowest BCUT2D eigenvalue weighted by Crippen LogP contribution is -2.03. The quantitative estimate of drug-likeness (QED) is 0.683. The topological polar surface area (TPSA) is 51.6 Å². The van der Waals surface area contributed by atoms with E-state index in [2.05, 4.69) is 59.2 Å². The first-order valence-corrected chi connectivity index (χ1v) is 8.10. The minimum Gasteiger partial charge on any atom is -0.126 e. The maximum Gasteiger partial charge on any atom is 0.205 e. The summed E-state index contributed by atoms with van der Waals surface area (Å²) in [7, 11) is 0. The summed E-state index contributed by atoms with van der Waals surface area (Å²) in [5.41, 5.74) is 1.77. The second-order valence-electron chi connectivity index (χ2n) is 4.18. The fourth-order valence-electron chi connectivity index (χ4n) is 1.71. The van der Waals surface area contributed by atoms with E-state index in [-0.39, 0.29) is 0 Å². The lowest BCUT2D eigenvalue weighted by Gasteiger charge is -2.07. The molecule has 0 aliphatic carbocycles. The largest absolute Gasteiger partial charge is 0.205 e. The second-order valence-corrected chi connectivity index (χ2v) is 5.99. The molecule has 108 valence electrons. The van der Waals surface area contributed by atoms with E-state index < -0.39 is 0 Å². The van der Waals surface area contributed by atoms with Gasteiger partial charge in [-0.3, -0.25) is 0 Å². The van der Waals surface area contributed by atoms with Crippen molar-refractivity contribution in [1.82, 2.24) is 20.4 Å². The first-order chi connectivity index (χ1) is 10.2. The van der Waals surface area contributed by atoms with Crippen LogP contribution in [0, 0.1) is 0 Å². The Kier molecular flexibility index (Phi) is 5.76. The van der Waals surface area contributed by atoms with Gasteiger partial charge in [-0.2, -0.15) is 0 Å². The highest BCUT2D eigenvalue weighted by atomic mass is 79.9. The number of rotatable bonds is 4. The number of halogens is 2. The van der Waals surface area contributed by atoms with Crippen molar-refractivity contribution in [2.24, 2.45) is 0 Å². The van der Waals surface area contributed by atoms with Crippen molar-refractivity contribution in [2.75, 3.05) is 0 Å². The summed E-state index contributed by atoms with van der Waals surface area (Å²) in [4.78, 5) is 0. The number of allylic oxidation sites excluding steroid dienone is 4. The zero-order chi connectivity index (χ0) is 15.2. The number of aromatic nitrogens is 4. The molecule has 0 radical (unpaired) electrons. The molecule has 0 atom stereocenters. The SMILES string of the molecule is C/C=C(Br)\C(=C(\Br)CC)c1nnc(-c2ccccc2)nn1. The zero-order valence-corrected chi connectivity index (χ0v) is 14.9. The third-order valence-corrected chi connectivity index (χ3v) is 4.62. The molecule has 1 aromatic heterocycles. The van der Waals surface area contributed by atoms with Gasteiger partial charge in [0.1, 0.15) is 0 Å². The molecule has 1 aromatic carbocycles. The zero-order valence-electron chi connectivity index (χ0n) is 11.7. The van der Waals surface area contributed by atoms with E-state index in [4.69, 9.17) is 0 Å². The van der Waals surface area contributed by atoms with Crippen molar-refractivity contribution >= 4 is 37.4 Å². The molecule has 0 aliphatic heterocycles. The summed E-state index contributed by atoms with van der Waals surface area (Å²) in [6, 6.07) is 9.67. The smallest absolute Gasteiger partial charge is 0.126 e. The van der Waals surface area contributed by atoms with Crippen molar-refractivity contribution in [3.63, 3.8) is 0 Å². The molecule has 4 nitrogen and oxygen atoms in total. The molecule has 2 rings (SSSR count). The molecule has 0 unspecified atom stereocenters. The van der Waals surface area contributed by atoms with Crippen LogP contribution in [0.1, 0.15) is 26.1 Å². The minimum atomic E-state index is 0.494. The van der Waals surface area contributed by atoms with E-state index in [9.17, 15) is 0 Å². The van der Waals surface area contributed by atoms with Crippen LogP contribution in [0.25, 0.3) is 17.0 Å². The predicted molar refractivity (Wildman–Crippen MR) is 91.9 cm³/mol. The van der Waals surface area contributed by atoms with Crippen LogP contribution in [0.3, 0.4) is 0 Å². The predicted octanol–water partition coefficient (Wildman–Crippen LogP) is 4.75. The van der Waals surface area contributed by atoms with Gasteiger partial charge in [0.05, 0.1) is 0 Å². The number of nitrogens with zero attached hydrogens (tertiary/aromatic N) is 4. The van der Waals surface area contributed by atoms with Crippen molar-refractivity contribution in [2.45, 2.75) is 20.3 Å². The molecule has 6 heteroatoms. The molecule has 2 aromatic rings. The van der Waals surface area contributed by atoms with E-state index in [1.54, 1.807) is 0 Å². The summed E-state index contributed by atoms with van der Waals surface area (Å²) in [6.45, 7) is 4.00. The van der Waals surface area contributed by atoms with Gasteiger partial charge in [0.25, 0.3) is 0 Å². The number of hydrogen-bond acceptors (Lipinski definition) is 4. The monoisotopic (exact) mass is 408 g/mol. The summed E-state index contributed by atoms with van der Waals surface area (Å²) in [6.07, 6.45) is 2.78. The molecule has 0 aliphatic rings. The van der Waals surface area contributed by atoms with Gasteiger partial charge in [-0.25, -0.2) is 0 Å². The fraction of sp³-hybridized carbons (Fsp3) is 0.200. The normalized spacial score (nSPS) is 13.0. The Balaban J connectivity index is 2.42. The summed E-state index contributed by atoms with van der Waals surface area (Å²) >= 11 is 7.08. The van der Waals surface area contributed by atoms with E-state index in [0.29, 0.717) is 11.6 Å². The van der Waals surface area contributed by atoms with Crippen LogP contribution in [0.2, 0.25) is 0 Å². The van der Waals surface area contributed by atoms with Crippen molar-refractivity contribution in [3.8, 4) is 11.4 Å². The molecule has 0 spiro atoms. The van der Waals surface area contributed by atoms with Crippen LogP contribution >= 0.6 is 31.9 Å². The fourth-order valence-corrected chi connectivity index (χ4v) is 2.78. The Morgan fingerprint density at radius 1 is 1.05 bits per heavy atom. The van der Waals surface area contributed by atoms with Gasteiger partial charge in [0, 0.05) is 20.1 Å². The minimum absolute atomic E-state index is 0.494. The van der Waals surface area contributed by atoms with Crippen LogP contribution in [-0.4, -0.2) is 20.4 Å². The van der Waals surface area contributed by atoms with Gasteiger partial charge in [0.15, 0.2) is 0 Å². The van der Waals surface area contributed by atoms with Crippen LogP contribution in [0.4, 0.5) is 0 Å². The Labute approximate surface area is 140 Å². The molecule has 0 N–H and O–H groups in total. The summed E-state index contributed by atoms with van der Waals surface area (Å²) in [5.74, 6) is 1.01. The number of hydrogen-bond donors (Lipinski definition) is 0. The third-order valence-electron chi connectivity index (χ3n) is 2.81. The van der Waals surface area contributed by atoms with Gasteiger partial charge in [0.2, 0.25) is 11.6 Å². The van der Waals surface area contributed by atoms with Gasteiger partial charge in [-0.05, 0) is 13.3 Å². The molecule has 0 bridgehead atoms. The van der Waals surface area contributed by atoms with Crippen LogP contribution in [-0.2, 0) is 0 Å². The Morgan fingerprint density at radius 2 is 1.67 bits per heavy atom. The standard InChI is InChI=1S/C15H14Br2N4/c1-3-11(16)13(12(17)4-2)15-20-18-14(19-21-15)10-8-6-5-7-9-10/h3,5-9H,4H2,1-2H3/b11-3+,13-12-. The Hall–Kier alpha value is -1.40. The van der Waals surface area contributed by atoms with Crippen molar-refractivity contribution < 1.29 is 0 Å². The third kappa shape index (κ3) is 3.83. The highest BCUT2D eigenvalue weighted by Gasteiger charge is 2.14. The van der Waals surface area contributed by atoms with Crippen LogP contribution < -0.4 is 0 Å². The Bertz CT molecular complexity index is 664. The summed E-state index contributed by atoms with van der Waals surface area (Å²) in [5, 5.41) is 16.8. The van der Waals surface area contributed by atoms with Crippen molar-refractivity contribution in [1.29, 1.82) is 0 Å². The molecule has 21 heavy (non-hydrogen) atoms. The molecule has 0 amide bonds. The Morgan fingerprint density at radius 3 is 2.19 bits per heavy atom. The van der Waals surface area contributed by atoms with Crippen LogP contribution in [0.5, 0.6) is 0 Å². The van der Waals surface area contributed by atoms with E-state index in [0.717, 1.165) is 26.5 Å². The van der Waals surface area contributed by atoms with Gasteiger partial charge in [-0.15, -0.1) is 20.4 Å². The van der Waals surface area contributed by atoms with E-state index in [1.807, 2.05) is 43.3 Å². The van der Waals surface area contributed by atoms with E-state index in [1.165, 1.54) is 0 Å². The second kappa shape index (κ2) is 7.56. The highest BCUT2D eigenvalue weighted by Crippen LogP contribution is 2.32. The first-order valence-electron chi connectivity index (χ1n) is 6.51. The summed E-state index contributed by atoms with van der Waals surface area (Å²) < 4.78 is 1.91. The first kappa shape index (κ1) is 16.0. The molecule has 0 fully saturated rings. The van der Waals surface area contributed by atoms with Crippen LogP contribution in [0.15, 0.2) is 45.4 Å². The molecular weight excluding hydrogens is 396 g/mol. The van der Waals surface area contributed by atoms with Gasteiger partial charge >= 0.3 is 0 Å². The van der Waals surface area contributed by atoms with Crippen molar-refractivity contribution in [3.05, 3.63) is 51.2 Å². The average Bonchev–Trinajstić information content (AvgIpc) is 2.56. The molecular formula is C15H14Br2N4. The van der Waals surface area contributed by atoms with Gasteiger partial charge < -0.3 is 0 Å². The molecule has 1 heterocycles. The maximum atomic E-state index is 4.21. The van der Waals surface area contributed by atoms with Gasteiger partial charge in [-0.1, -0.05) is 75.2 Å². The lowest BCUT2D eigenvalue weighted by molar-refractivity contribution is 0.844. The molecule has 0 saturated carbocycles. The van der Waals surface area contributed by atoms with E-state index >= 15 is 0 Å². The molecule has 0 saturated heterocycles.